The van der Waals surface area contributed by atoms with Crippen LogP contribution < -0.4 is 5.32 Å². The standard InChI is InChI=1S/C21H26ClN3O3/c1-24(2)19(17-7-3-4-8-18(17)22)12-23-20(26)15-6-5-10-25(13-15)21(27)16-9-11-28-14-16/h3-4,7-9,11,14-15,19H,5-6,10,12-13H2,1-2H3,(H,23,26). The first kappa shape index (κ1) is 20.4. The molecule has 1 aromatic heterocycles. The third-order valence-electron chi connectivity index (χ3n) is 5.20. The van der Waals surface area contributed by atoms with Crippen molar-refractivity contribution in [3.8, 4) is 0 Å². The molecule has 3 rings (SSSR count). The van der Waals surface area contributed by atoms with Gasteiger partial charge in [-0.15, -0.1) is 0 Å². The molecule has 2 heterocycles. The highest BCUT2D eigenvalue weighted by molar-refractivity contribution is 6.31. The van der Waals surface area contributed by atoms with Gasteiger partial charge in [-0.2, -0.15) is 0 Å². The maximum Gasteiger partial charge on any atom is 0.257 e. The van der Waals surface area contributed by atoms with Gasteiger partial charge in [0.2, 0.25) is 5.91 Å². The first-order valence-electron chi connectivity index (χ1n) is 9.47. The van der Waals surface area contributed by atoms with Crippen molar-refractivity contribution in [2.24, 2.45) is 5.92 Å². The molecule has 2 unspecified atom stereocenters. The third kappa shape index (κ3) is 4.75. The second-order valence-corrected chi connectivity index (χ2v) is 7.76. The molecular weight excluding hydrogens is 378 g/mol. The van der Waals surface area contributed by atoms with Crippen LogP contribution in [-0.4, -0.2) is 55.3 Å². The van der Waals surface area contributed by atoms with E-state index < -0.39 is 0 Å². The minimum absolute atomic E-state index is 0.0232. The summed E-state index contributed by atoms with van der Waals surface area (Å²) in [4.78, 5) is 29.1. The quantitative estimate of drug-likeness (QED) is 0.804. The molecule has 1 N–H and O–H groups in total. The largest absolute Gasteiger partial charge is 0.472 e. The van der Waals surface area contributed by atoms with E-state index in [9.17, 15) is 9.59 Å². The highest BCUT2D eigenvalue weighted by atomic mass is 35.5. The number of piperidine rings is 1. The molecule has 0 aliphatic carbocycles. The van der Waals surface area contributed by atoms with Crippen molar-refractivity contribution < 1.29 is 14.0 Å². The van der Waals surface area contributed by atoms with E-state index in [2.05, 4.69) is 5.32 Å². The van der Waals surface area contributed by atoms with Gasteiger partial charge in [0.1, 0.15) is 6.26 Å². The number of carbonyl (C=O) groups is 2. The lowest BCUT2D eigenvalue weighted by Gasteiger charge is -2.32. The molecule has 2 amide bonds. The second-order valence-electron chi connectivity index (χ2n) is 7.35. The van der Waals surface area contributed by atoms with E-state index in [1.54, 1.807) is 11.0 Å². The zero-order chi connectivity index (χ0) is 20.1. The summed E-state index contributed by atoms with van der Waals surface area (Å²) in [5.41, 5.74) is 1.50. The topological polar surface area (TPSA) is 65.8 Å². The molecule has 0 spiro atoms. The maximum atomic E-state index is 12.8. The van der Waals surface area contributed by atoms with Gasteiger partial charge in [-0.25, -0.2) is 0 Å². The normalized spacial score (nSPS) is 18.1. The highest BCUT2D eigenvalue weighted by Gasteiger charge is 2.30. The van der Waals surface area contributed by atoms with Gasteiger partial charge in [0, 0.05) is 24.7 Å². The molecule has 7 heteroatoms. The summed E-state index contributed by atoms with van der Waals surface area (Å²) in [7, 11) is 3.93. The molecule has 2 atom stereocenters. The SMILES string of the molecule is CN(C)C(CNC(=O)C1CCCN(C(=O)c2ccoc2)C1)c1ccccc1Cl. The van der Waals surface area contributed by atoms with Crippen LogP contribution in [0.4, 0.5) is 0 Å². The number of likely N-dealkylation sites (tertiary alicyclic amines) is 1. The van der Waals surface area contributed by atoms with E-state index in [4.69, 9.17) is 16.0 Å². The van der Waals surface area contributed by atoms with Crippen molar-refractivity contribution in [1.29, 1.82) is 0 Å². The van der Waals surface area contributed by atoms with E-state index in [0.29, 0.717) is 30.2 Å². The Morgan fingerprint density at radius 1 is 1.32 bits per heavy atom. The summed E-state index contributed by atoms with van der Waals surface area (Å²) in [5.74, 6) is -0.323. The number of likely N-dealkylation sites (N-methyl/N-ethyl adjacent to an activating group) is 1. The molecule has 1 aliphatic heterocycles. The summed E-state index contributed by atoms with van der Waals surface area (Å²) in [5, 5.41) is 3.74. The fraction of sp³-hybridized carbons (Fsp3) is 0.429. The van der Waals surface area contributed by atoms with E-state index in [0.717, 1.165) is 18.4 Å². The average Bonchev–Trinajstić information content (AvgIpc) is 3.23. The molecule has 0 saturated carbocycles. The predicted octanol–water partition coefficient (Wildman–Crippen LogP) is 3.20. The van der Waals surface area contributed by atoms with Crippen molar-refractivity contribution in [2.45, 2.75) is 18.9 Å². The van der Waals surface area contributed by atoms with Crippen LogP contribution >= 0.6 is 11.6 Å². The molecule has 6 nitrogen and oxygen atoms in total. The fourth-order valence-electron chi connectivity index (χ4n) is 3.60. The summed E-state index contributed by atoms with van der Waals surface area (Å²) < 4.78 is 5.00. The Morgan fingerprint density at radius 3 is 2.79 bits per heavy atom. The Bertz CT molecular complexity index is 807. The Morgan fingerprint density at radius 2 is 2.11 bits per heavy atom. The lowest BCUT2D eigenvalue weighted by atomic mass is 9.96. The highest BCUT2D eigenvalue weighted by Crippen LogP contribution is 2.26. The van der Waals surface area contributed by atoms with Gasteiger partial charge in [-0.1, -0.05) is 29.8 Å². The number of nitrogens with zero attached hydrogens (tertiary/aromatic N) is 2. The van der Waals surface area contributed by atoms with Crippen LogP contribution in [0.3, 0.4) is 0 Å². The number of furan rings is 1. The average molecular weight is 404 g/mol. The van der Waals surface area contributed by atoms with E-state index >= 15 is 0 Å². The maximum absolute atomic E-state index is 12.8. The van der Waals surface area contributed by atoms with Gasteiger partial charge in [0.15, 0.2) is 0 Å². The number of halogens is 1. The van der Waals surface area contributed by atoms with E-state index in [-0.39, 0.29) is 23.8 Å². The lowest BCUT2D eigenvalue weighted by Crippen LogP contribution is -2.46. The summed E-state index contributed by atoms with van der Waals surface area (Å²) in [6.07, 6.45) is 4.51. The molecule has 2 aromatic rings. The number of amides is 2. The van der Waals surface area contributed by atoms with Gasteiger partial charge in [0.05, 0.1) is 23.8 Å². The first-order chi connectivity index (χ1) is 13.5. The van der Waals surface area contributed by atoms with Crippen LogP contribution in [0.15, 0.2) is 47.3 Å². The number of hydrogen-bond donors (Lipinski definition) is 1. The second kappa shape index (κ2) is 9.26. The van der Waals surface area contributed by atoms with Crippen molar-refractivity contribution >= 4 is 23.4 Å². The summed E-state index contributed by atoms with van der Waals surface area (Å²) in [6.45, 7) is 1.55. The molecule has 1 fully saturated rings. The lowest BCUT2D eigenvalue weighted by molar-refractivity contribution is -0.126. The first-order valence-corrected chi connectivity index (χ1v) is 9.85. The van der Waals surface area contributed by atoms with Crippen molar-refractivity contribution in [3.05, 3.63) is 59.0 Å². The van der Waals surface area contributed by atoms with Gasteiger partial charge >= 0.3 is 0 Å². The molecule has 1 aliphatic rings. The molecular formula is C21H26ClN3O3. The zero-order valence-electron chi connectivity index (χ0n) is 16.2. The van der Waals surface area contributed by atoms with Gasteiger partial charge in [-0.05, 0) is 44.6 Å². The van der Waals surface area contributed by atoms with E-state index in [1.807, 2.05) is 43.3 Å². The van der Waals surface area contributed by atoms with Crippen LogP contribution in [0.25, 0.3) is 0 Å². The van der Waals surface area contributed by atoms with Crippen LogP contribution in [0.5, 0.6) is 0 Å². The monoisotopic (exact) mass is 403 g/mol. The number of nitrogens with one attached hydrogen (secondary N) is 1. The Balaban J connectivity index is 1.60. The smallest absolute Gasteiger partial charge is 0.257 e. The van der Waals surface area contributed by atoms with Gasteiger partial charge in [0.25, 0.3) is 5.91 Å². The van der Waals surface area contributed by atoms with Crippen molar-refractivity contribution in [3.63, 3.8) is 0 Å². The molecule has 150 valence electrons. The number of hydrogen-bond acceptors (Lipinski definition) is 4. The molecule has 1 saturated heterocycles. The third-order valence-corrected chi connectivity index (χ3v) is 5.55. The van der Waals surface area contributed by atoms with Gasteiger partial charge < -0.3 is 19.5 Å². The number of benzene rings is 1. The minimum atomic E-state index is -0.210. The zero-order valence-corrected chi connectivity index (χ0v) is 17.0. The Hall–Kier alpha value is -2.31. The van der Waals surface area contributed by atoms with Crippen LogP contribution in [0.2, 0.25) is 5.02 Å². The van der Waals surface area contributed by atoms with Crippen molar-refractivity contribution in [2.75, 3.05) is 33.7 Å². The molecule has 28 heavy (non-hydrogen) atoms. The van der Waals surface area contributed by atoms with Crippen LogP contribution in [0.1, 0.15) is 34.8 Å². The summed E-state index contributed by atoms with van der Waals surface area (Å²) in [6, 6.07) is 9.30. The number of rotatable bonds is 6. The van der Waals surface area contributed by atoms with Crippen LogP contribution in [0, 0.1) is 5.92 Å². The predicted molar refractivity (Wildman–Crippen MR) is 108 cm³/mol. The Kier molecular flexibility index (Phi) is 6.75. The fourth-order valence-corrected chi connectivity index (χ4v) is 3.86. The molecule has 0 radical (unpaired) electrons. The van der Waals surface area contributed by atoms with Crippen LogP contribution in [-0.2, 0) is 4.79 Å². The van der Waals surface area contributed by atoms with Gasteiger partial charge in [-0.3, -0.25) is 9.59 Å². The summed E-state index contributed by atoms with van der Waals surface area (Å²) >= 11 is 6.34. The molecule has 0 bridgehead atoms. The minimum Gasteiger partial charge on any atom is -0.472 e. The van der Waals surface area contributed by atoms with Crippen molar-refractivity contribution in [1.82, 2.24) is 15.1 Å². The molecule has 1 aromatic carbocycles. The Labute approximate surface area is 170 Å². The van der Waals surface area contributed by atoms with E-state index in [1.165, 1.54) is 12.5 Å². The number of carbonyl (C=O) groups excluding carboxylic acids is 2.